The maximum Gasteiger partial charge on any atom is 0.326 e. The van der Waals surface area contributed by atoms with E-state index in [1.54, 1.807) is 12.1 Å². The number of para-hydroxylation sites is 1. The Hall–Kier alpha value is -1.84. The van der Waals surface area contributed by atoms with Gasteiger partial charge < -0.3 is 5.73 Å². The first kappa shape index (κ1) is 10.7. The summed E-state index contributed by atoms with van der Waals surface area (Å²) in [5.41, 5.74) is 6.27. The van der Waals surface area contributed by atoms with Crippen molar-refractivity contribution in [3.63, 3.8) is 0 Å². The molecular formula is C12H14N2O2. The Balaban J connectivity index is 2.60. The second-order valence-corrected chi connectivity index (χ2v) is 4.67. The molecule has 0 unspecified atom stereocenters. The Bertz CT molecular complexity index is 466. The predicted molar refractivity (Wildman–Crippen MR) is 61.0 cm³/mol. The fourth-order valence-electron chi connectivity index (χ4n) is 2.06. The van der Waals surface area contributed by atoms with Crippen molar-refractivity contribution in [1.82, 2.24) is 0 Å². The first-order valence-corrected chi connectivity index (χ1v) is 5.15. The summed E-state index contributed by atoms with van der Waals surface area (Å²) in [5, 5.41) is 0. The lowest BCUT2D eigenvalue weighted by atomic mass is 9.80. The number of nitrogens with two attached hydrogens (primary N) is 1. The molecule has 84 valence electrons. The van der Waals surface area contributed by atoms with Crippen molar-refractivity contribution in [3.05, 3.63) is 29.8 Å². The third-order valence-electron chi connectivity index (χ3n) is 2.87. The minimum Gasteiger partial charge on any atom is -0.351 e. The summed E-state index contributed by atoms with van der Waals surface area (Å²) in [6.07, 6.45) is 0.631. The van der Waals surface area contributed by atoms with Crippen LogP contribution in [0.2, 0.25) is 0 Å². The molecule has 1 heterocycles. The van der Waals surface area contributed by atoms with Crippen LogP contribution in [0.3, 0.4) is 0 Å². The van der Waals surface area contributed by atoms with Crippen molar-refractivity contribution < 1.29 is 9.59 Å². The molecule has 3 amide bonds. The number of imide groups is 1. The number of primary amides is 1. The summed E-state index contributed by atoms with van der Waals surface area (Å²) in [6, 6.07) is 6.63. The van der Waals surface area contributed by atoms with Crippen molar-refractivity contribution in [2.45, 2.75) is 20.3 Å². The van der Waals surface area contributed by atoms with Crippen LogP contribution in [-0.4, -0.2) is 11.9 Å². The lowest BCUT2D eigenvalue weighted by Crippen LogP contribution is -2.51. The average Bonchev–Trinajstić information content (AvgIpc) is 2.18. The number of fused-ring (bicyclic) bond motifs is 1. The third kappa shape index (κ3) is 1.46. The van der Waals surface area contributed by atoms with Gasteiger partial charge in [0.05, 0.1) is 5.69 Å². The molecule has 1 aliphatic rings. The normalized spacial score (nSPS) is 18.1. The van der Waals surface area contributed by atoms with Crippen LogP contribution < -0.4 is 10.6 Å². The van der Waals surface area contributed by atoms with Gasteiger partial charge in [0.15, 0.2) is 0 Å². The topological polar surface area (TPSA) is 63.4 Å². The average molecular weight is 218 g/mol. The fraction of sp³-hybridized carbons (Fsp3) is 0.333. The first-order chi connectivity index (χ1) is 7.43. The van der Waals surface area contributed by atoms with Crippen molar-refractivity contribution in [3.8, 4) is 0 Å². The van der Waals surface area contributed by atoms with Crippen molar-refractivity contribution in [2.24, 2.45) is 11.1 Å². The molecule has 16 heavy (non-hydrogen) atoms. The zero-order chi connectivity index (χ0) is 11.9. The van der Waals surface area contributed by atoms with Crippen LogP contribution in [0.1, 0.15) is 19.4 Å². The van der Waals surface area contributed by atoms with Crippen LogP contribution >= 0.6 is 0 Å². The smallest absolute Gasteiger partial charge is 0.326 e. The Morgan fingerprint density at radius 3 is 2.62 bits per heavy atom. The maximum absolute atomic E-state index is 12.1. The largest absolute Gasteiger partial charge is 0.351 e. The van der Waals surface area contributed by atoms with Gasteiger partial charge in [0.25, 0.3) is 0 Å². The molecule has 2 rings (SSSR count). The highest BCUT2D eigenvalue weighted by molar-refractivity contribution is 6.17. The van der Waals surface area contributed by atoms with E-state index in [0.717, 1.165) is 10.5 Å². The number of carbonyl (C=O) groups excluding carboxylic acids is 2. The molecule has 0 saturated heterocycles. The molecule has 0 aliphatic carbocycles. The highest BCUT2D eigenvalue weighted by Crippen LogP contribution is 2.36. The standard InChI is InChI=1S/C12H14N2O2/c1-12(2)7-8-5-3-4-6-9(8)14(10(12)15)11(13)16/h3-6H,7H2,1-2H3,(H2,13,16). The van der Waals surface area contributed by atoms with E-state index >= 15 is 0 Å². The Morgan fingerprint density at radius 2 is 2.00 bits per heavy atom. The lowest BCUT2D eigenvalue weighted by molar-refractivity contribution is -0.126. The van der Waals surface area contributed by atoms with E-state index in [4.69, 9.17) is 5.73 Å². The molecule has 4 heteroatoms. The molecule has 1 aliphatic heterocycles. The van der Waals surface area contributed by atoms with E-state index in [2.05, 4.69) is 0 Å². The maximum atomic E-state index is 12.1. The Labute approximate surface area is 94.0 Å². The van der Waals surface area contributed by atoms with E-state index < -0.39 is 11.4 Å². The molecule has 0 saturated carbocycles. The summed E-state index contributed by atoms with van der Waals surface area (Å²) in [4.78, 5) is 24.5. The van der Waals surface area contributed by atoms with Crippen LogP contribution in [0.15, 0.2) is 24.3 Å². The van der Waals surface area contributed by atoms with Crippen LogP contribution in [0.25, 0.3) is 0 Å². The van der Waals surface area contributed by atoms with E-state index in [-0.39, 0.29) is 5.91 Å². The van der Waals surface area contributed by atoms with Crippen LogP contribution in [0.4, 0.5) is 10.5 Å². The SMILES string of the molecule is CC1(C)Cc2ccccc2N(C(N)=O)C1=O. The second kappa shape index (κ2) is 3.33. The van der Waals surface area contributed by atoms with Gasteiger partial charge in [-0.25, -0.2) is 9.69 Å². The zero-order valence-electron chi connectivity index (χ0n) is 9.36. The molecule has 0 spiro atoms. The molecule has 0 bridgehead atoms. The van der Waals surface area contributed by atoms with Gasteiger partial charge in [0, 0.05) is 5.41 Å². The number of amides is 3. The summed E-state index contributed by atoms with van der Waals surface area (Å²) < 4.78 is 0. The molecule has 0 fully saturated rings. The van der Waals surface area contributed by atoms with Gasteiger partial charge in [-0.15, -0.1) is 0 Å². The second-order valence-electron chi connectivity index (χ2n) is 4.67. The summed E-state index contributed by atoms with van der Waals surface area (Å²) in [5.74, 6) is -0.237. The monoisotopic (exact) mass is 218 g/mol. The van der Waals surface area contributed by atoms with Gasteiger partial charge in [-0.2, -0.15) is 0 Å². The van der Waals surface area contributed by atoms with Crippen LogP contribution in [-0.2, 0) is 11.2 Å². The molecular weight excluding hydrogens is 204 g/mol. The summed E-state index contributed by atoms with van der Waals surface area (Å²) in [6.45, 7) is 3.64. The number of hydrogen-bond donors (Lipinski definition) is 1. The minimum absolute atomic E-state index is 0.237. The quantitative estimate of drug-likeness (QED) is 0.720. The van der Waals surface area contributed by atoms with E-state index in [1.807, 2.05) is 26.0 Å². The molecule has 1 aromatic rings. The number of carbonyl (C=O) groups is 2. The summed E-state index contributed by atoms with van der Waals surface area (Å²) >= 11 is 0. The van der Waals surface area contributed by atoms with Gasteiger partial charge >= 0.3 is 6.03 Å². The highest BCUT2D eigenvalue weighted by Gasteiger charge is 2.40. The molecule has 4 nitrogen and oxygen atoms in total. The Morgan fingerprint density at radius 1 is 1.38 bits per heavy atom. The number of benzene rings is 1. The van der Waals surface area contributed by atoms with Gasteiger partial charge in [0.1, 0.15) is 0 Å². The Kier molecular flexibility index (Phi) is 2.22. The van der Waals surface area contributed by atoms with Crippen molar-refractivity contribution >= 4 is 17.6 Å². The van der Waals surface area contributed by atoms with E-state index in [1.165, 1.54) is 0 Å². The van der Waals surface area contributed by atoms with Gasteiger partial charge in [0.2, 0.25) is 5.91 Å². The zero-order valence-corrected chi connectivity index (χ0v) is 9.36. The molecule has 0 aromatic heterocycles. The van der Waals surface area contributed by atoms with E-state index in [9.17, 15) is 9.59 Å². The molecule has 1 aromatic carbocycles. The van der Waals surface area contributed by atoms with E-state index in [0.29, 0.717) is 12.1 Å². The van der Waals surface area contributed by atoms with Gasteiger partial charge in [-0.05, 0) is 18.1 Å². The fourth-order valence-corrected chi connectivity index (χ4v) is 2.06. The molecule has 0 radical (unpaired) electrons. The number of hydrogen-bond acceptors (Lipinski definition) is 2. The van der Waals surface area contributed by atoms with Crippen molar-refractivity contribution in [1.29, 1.82) is 0 Å². The molecule has 2 N–H and O–H groups in total. The van der Waals surface area contributed by atoms with Crippen LogP contribution in [0, 0.1) is 5.41 Å². The molecule has 0 atom stereocenters. The van der Waals surface area contributed by atoms with Crippen LogP contribution in [0.5, 0.6) is 0 Å². The number of urea groups is 1. The third-order valence-corrected chi connectivity index (χ3v) is 2.87. The summed E-state index contributed by atoms with van der Waals surface area (Å²) in [7, 11) is 0. The number of rotatable bonds is 0. The van der Waals surface area contributed by atoms with Gasteiger partial charge in [-0.3, -0.25) is 4.79 Å². The number of anilines is 1. The predicted octanol–water partition coefficient (Wildman–Crippen LogP) is 1.68. The minimum atomic E-state index is -0.717. The lowest BCUT2D eigenvalue weighted by Gasteiger charge is -2.36. The highest BCUT2D eigenvalue weighted by atomic mass is 16.2. The number of nitrogens with zero attached hydrogens (tertiary/aromatic N) is 1. The van der Waals surface area contributed by atoms with Gasteiger partial charge in [-0.1, -0.05) is 32.0 Å². The first-order valence-electron chi connectivity index (χ1n) is 5.15. The van der Waals surface area contributed by atoms with Crippen molar-refractivity contribution in [2.75, 3.05) is 4.90 Å².